The fraction of sp³-hybridized carbons (Fsp3) is 0. The molecule has 0 aliphatic heterocycles. The van der Waals surface area contributed by atoms with Crippen LogP contribution in [0.15, 0.2) is 59.0 Å². The maximum atomic E-state index is 13.9. The zero-order valence-electron chi connectivity index (χ0n) is 13.2. The van der Waals surface area contributed by atoms with Crippen molar-refractivity contribution >= 4 is 29.2 Å². The summed E-state index contributed by atoms with van der Waals surface area (Å²) in [5, 5.41) is 18.4. The molecule has 3 aromatic rings. The molecule has 0 unspecified atom stereocenters. The van der Waals surface area contributed by atoms with Crippen molar-refractivity contribution < 1.29 is 18.7 Å². The van der Waals surface area contributed by atoms with E-state index in [9.17, 15) is 14.4 Å². The molecule has 0 fully saturated rings. The fourth-order valence-corrected chi connectivity index (χ4v) is 2.68. The summed E-state index contributed by atoms with van der Waals surface area (Å²) in [5.41, 5.74) is 0.891. The Labute approximate surface area is 153 Å². The van der Waals surface area contributed by atoms with E-state index in [4.69, 9.17) is 21.1 Å². The standard InChI is InChI=1S/C20H11ClFNO3/c21-17-10-12(5-7-16(17)20(24)25)19-8-6-14(26-19)9-13(11-23)15-3-1-2-4-18(15)22/h1-10H,(H,24,25)/b13-9-. The lowest BCUT2D eigenvalue weighted by Crippen LogP contribution is -1.96. The third-order valence-electron chi connectivity index (χ3n) is 3.68. The van der Waals surface area contributed by atoms with Gasteiger partial charge in [-0.2, -0.15) is 5.26 Å². The SMILES string of the molecule is N#C/C(=C/c1ccc(-c2ccc(C(=O)O)c(Cl)c2)o1)c1ccccc1F. The summed E-state index contributed by atoms with van der Waals surface area (Å²) in [6.07, 6.45) is 1.44. The summed E-state index contributed by atoms with van der Waals surface area (Å²) in [4.78, 5) is 11.0. The highest BCUT2D eigenvalue weighted by molar-refractivity contribution is 6.33. The molecule has 0 amide bonds. The Balaban J connectivity index is 1.95. The number of carboxylic acid groups (broad SMARTS) is 1. The summed E-state index contributed by atoms with van der Waals surface area (Å²) in [5.74, 6) is -0.810. The van der Waals surface area contributed by atoms with E-state index in [1.807, 2.05) is 6.07 Å². The van der Waals surface area contributed by atoms with Gasteiger partial charge in [0.05, 0.1) is 22.2 Å². The Morgan fingerprint density at radius 1 is 1.15 bits per heavy atom. The molecule has 1 heterocycles. The highest BCUT2D eigenvalue weighted by atomic mass is 35.5. The molecule has 2 aromatic carbocycles. The van der Waals surface area contributed by atoms with Crippen LogP contribution >= 0.6 is 11.6 Å². The molecule has 0 saturated carbocycles. The Bertz CT molecular complexity index is 1060. The number of halogens is 2. The largest absolute Gasteiger partial charge is 0.478 e. The van der Waals surface area contributed by atoms with Gasteiger partial charge in [-0.3, -0.25) is 0 Å². The van der Waals surface area contributed by atoms with Gasteiger partial charge in [0.2, 0.25) is 0 Å². The van der Waals surface area contributed by atoms with Crippen LogP contribution in [-0.2, 0) is 0 Å². The number of carboxylic acids is 1. The van der Waals surface area contributed by atoms with Gasteiger partial charge in [-0.25, -0.2) is 9.18 Å². The summed E-state index contributed by atoms with van der Waals surface area (Å²) in [6, 6.07) is 15.7. The first-order valence-corrected chi connectivity index (χ1v) is 7.87. The van der Waals surface area contributed by atoms with E-state index in [-0.39, 0.29) is 21.7 Å². The van der Waals surface area contributed by atoms with E-state index in [2.05, 4.69) is 0 Å². The number of nitriles is 1. The van der Waals surface area contributed by atoms with Crippen LogP contribution in [0.5, 0.6) is 0 Å². The lowest BCUT2D eigenvalue weighted by molar-refractivity contribution is 0.0697. The number of benzene rings is 2. The van der Waals surface area contributed by atoms with Gasteiger partial charge in [-0.15, -0.1) is 0 Å². The molecule has 0 saturated heterocycles. The van der Waals surface area contributed by atoms with Gasteiger partial charge in [0.15, 0.2) is 0 Å². The van der Waals surface area contributed by atoms with Gasteiger partial charge in [-0.1, -0.05) is 35.9 Å². The second kappa shape index (κ2) is 7.26. The van der Waals surface area contributed by atoms with Crippen molar-refractivity contribution in [3.05, 3.63) is 82.3 Å². The molecule has 0 aliphatic carbocycles. The van der Waals surface area contributed by atoms with Gasteiger partial charge in [0.25, 0.3) is 0 Å². The number of hydrogen-bond donors (Lipinski definition) is 1. The fourth-order valence-electron chi connectivity index (χ4n) is 2.42. The van der Waals surface area contributed by atoms with Crippen LogP contribution in [0.25, 0.3) is 23.0 Å². The van der Waals surface area contributed by atoms with E-state index < -0.39 is 11.8 Å². The predicted molar refractivity (Wildman–Crippen MR) is 96.0 cm³/mol. The lowest BCUT2D eigenvalue weighted by atomic mass is 10.1. The molecular formula is C20H11ClFNO3. The Morgan fingerprint density at radius 2 is 1.92 bits per heavy atom. The molecule has 0 bridgehead atoms. The van der Waals surface area contributed by atoms with Crippen LogP contribution < -0.4 is 0 Å². The zero-order chi connectivity index (χ0) is 18.7. The molecule has 4 nitrogen and oxygen atoms in total. The minimum atomic E-state index is -1.12. The number of allylic oxidation sites excluding steroid dienone is 1. The van der Waals surface area contributed by atoms with Crippen LogP contribution in [0, 0.1) is 17.1 Å². The van der Waals surface area contributed by atoms with Crippen molar-refractivity contribution in [2.45, 2.75) is 0 Å². The van der Waals surface area contributed by atoms with Gasteiger partial charge >= 0.3 is 5.97 Å². The molecule has 26 heavy (non-hydrogen) atoms. The number of nitrogens with zero attached hydrogens (tertiary/aromatic N) is 1. The number of aromatic carboxylic acids is 1. The first kappa shape index (κ1) is 17.5. The summed E-state index contributed by atoms with van der Waals surface area (Å²) >= 11 is 5.97. The van der Waals surface area contributed by atoms with Gasteiger partial charge < -0.3 is 9.52 Å². The van der Waals surface area contributed by atoms with Crippen molar-refractivity contribution in [1.29, 1.82) is 5.26 Å². The number of hydrogen-bond acceptors (Lipinski definition) is 3. The average Bonchev–Trinajstić information content (AvgIpc) is 3.08. The van der Waals surface area contributed by atoms with Crippen LogP contribution in [0.1, 0.15) is 21.7 Å². The second-order valence-corrected chi connectivity index (χ2v) is 5.76. The topological polar surface area (TPSA) is 74.2 Å². The molecule has 6 heteroatoms. The lowest BCUT2D eigenvalue weighted by Gasteiger charge is -2.02. The number of furan rings is 1. The van der Waals surface area contributed by atoms with Crippen LogP contribution in [0.3, 0.4) is 0 Å². The van der Waals surface area contributed by atoms with Crippen molar-refractivity contribution in [2.75, 3.05) is 0 Å². The van der Waals surface area contributed by atoms with Crippen molar-refractivity contribution in [2.24, 2.45) is 0 Å². The first-order valence-electron chi connectivity index (χ1n) is 7.49. The minimum absolute atomic E-state index is 0.00610. The molecule has 0 aliphatic rings. The summed E-state index contributed by atoms with van der Waals surface area (Å²) < 4.78 is 19.5. The number of rotatable bonds is 4. The summed E-state index contributed by atoms with van der Waals surface area (Å²) in [6.45, 7) is 0. The normalized spacial score (nSPS) is 11.2. The molecule has 0 spiro atoms. The molecule has 0 radical (unpaired) electrons. The highest BCUT2D eigenvalue weighted by Crippen LogP contribution is 2.29. The van der Waals surface area contributed by atoms with Crippen LogP contribution in [0.2, 0.25) is 5.02 Å². The third-order valence-corrected chi connectivity index (χ3v) is 3.99. The highest BCUT2D eigenvalue weighted by Gasteiger charge is 2.12. The summed E-state index contributed by atoms with van der Waals surface area (Å²) in [7, 11) is 0. The minimum Gasteiger partial charge on any atom is -0.478 e. The molecule has 1 aromatic heterocycles. The smallest absolute Gasteiger partial charge is 0.337 e. The molecule has 0 atom stereocenters. The monoisotopic (exact) mass is 367 g/mol. The zero-order valence-corrected chi connectivity index (χ0v) is 14.0. The van der Waals surface area contributed by atoms with Crippen molar-refractivity contribution in [1.82, 2.24) is 0 Å². The van der Waals surface area contributed by atoms with E-state index in [1.54, 1.807) is 30.3 Å². The molecule has 3 rings (SSSR count). The maximum absolute atomic E-state index is 13.9. The van der Waals surface area contributed by atoms with E-state index in [0.717, 1.165) is 0 Å². The quantitative estimate of drug-likeness (QED) is 0.618. The van der Waals surface area contributed by atoms with Crippen LogP contribution in [0.4, 0.5) is 4.39 Å². The van der Waals surface area contributed by atoms with Gasteiger partial charge in [0.1, 0.15) is 17.3 Å². The predicted octanol–water partition coefficient (Wildman–Crippen LogP) is 5.50. The van der Waals surface area contributed by atoms with Gasteiger partial charge in [0, 0.05) is 11.1 Å². The molecule has 1 N–H and O–H groups in total. The number of carbonyl (C=O) groups is 1. The third kappa shape index (κ3) is 3.51. The Hall–Kier alpha value is -3.36. The van der Waals surface area contributed by atoms with E-state index in [1.165, 1.54) is 30.3 Å². The average molecular weight is 368 g/mol. The second-order valence-electron chi connectivity index (χ2n) is 5.35. The first-order chi connectivity index (χ1) is 12.5. The van der Waals surface area contributed by atoms with Gasteiger partial charge in [-0.05, 0) is 36.4 Å². The molecule has 128 valence electrons. The van der Waals surface area contributed by atoms with Crippen LogP contribution in [-0.4, -0.2) is 11.1 Å². The Kier molecular flexibility index (Phi) is 4.87. The Morgan fingerprint density at radius 3 is 2.58 bits per heavy atom. The van der Waals surface area contributed by atoms with Crippen molar-refractivity contribution in [3.63, 3.8) is 0 Å². The van der Waals surface area contributed by atoms with E-state index in [0.29, 0.717) is 17.1 Å². The maximum Gasteiger partial charge on any atom is 0.337 e. The van der Waals surface area contributed by atoms with E-state index >= 15 is 0 Å². The van der Waals surface area contributed by atoms with Crippen molar-refractivity contribution in [3.8, 4) is 17.4 Å². The molecular weight excluding hydrogens is 357 g/mol.